The molecule has 1 aliphatic rings. The molecule has 0 saturated carbocycles. The van der Waals surface area contributed by atoms with Crippen LogP contribution >= 0.6 is 0 Å². The minimum Gasteiger partial charge on any atom is -0.493 e. The number of ether oxygens (including phenoxy) is 4. The van der Waals surface area contributed by atoms with E-state index in [0.29, 0.717) is 30.5 Å². The van der Waals surface area contributed by atoms with Crippen molar-refractivity contribution in [2.24, 2.45) is 5.84 Å². The van der Waals surface area contributed by atoms with Gasteiger partial charge in [-0.1, -0.05) is 0 Å². The van der Waals surface area contributed by atoms with Gasteiger partial charge in [0.15, 0.2) is 11.5 Å². The van der Waals surface area contributed by atoms with E-state index in [1.54, 1.807) is 21.3 Å². The van der Waals surface area contributed by atoms with Crippen LogP contribution in [-0.4, -0.2) is 34.5 Å². The molecule has 1 aromatic carbocycles. The number of hydrogen-bond acceptors (Lipinski definition) is 6. The highest BCUT2D eigenvalue weighted by molar-refractivity contribution is 5.55. The minimum absolute atomic E-state index is 0.382. The highest BCUT2D eigenvalue weighted by Crippen LogP contribution is 2.42. The van der Waals surface area contributed by atoms with Gasteiger partial charge < -0.3 is 18.9 Å². The van der Waals surface area contributed by atoms with E-state index in [1.165, 1.54) is 0 Å². The Hall–Kier alpha value is -1.50. The summed E-state index contributed by atoms with van der Waals surface area (Å²) in [6.45, 7) is 1.03. The van der Waals surface area contributed by atoms with Crippen molar-refractivity contribution in [3.05, 3.63) is 17.7 Å². The second-order valence-corrected chi connectivity index (χ2v) is 4.13. The van der Waals surface area contributed by atoms with Crippen LogP contribution in [0.3, 0.4) is 0 Å². The molecule has 1 saturated heterocycles. The van der Waals surface area contributed by atoms with E-state index in [2.05, 4.69) is 5.43 Å². The molecule has 0 spiro atoms. The summed E-state index contributed by atoms with van der Waals surface area (Å²) < 4.78 is 21.1. The summed E-state index contributed by atoms with van der Waals surface area (Å²) in [5.74, 6) is 7.39. The zero-order valence-corrected chi connectivity index (χ0v) is 10.8. The third kappa shape index (κ3) is 1.88. The highest BCUT2D eigenvalue weighted by Gasteiger charge is 2.40. The van der Waals surface area contributed by atoms with E-state index in [1.807, 2.05) is 12.1 Å². The van der Waals surface area contributed by atoms with Crippen molar-refractivity contribution in [1.82, 2.24) is 5.43 Å². The molecule has 6 nitrogen and oxygen atoms in total. The summed E-state index contributed by atoms with van der Waals surface area (Å²) in [5.41, 5.74) is 3.36. The van der Waals surface area contributed by atoms with E-state index < -0.39 is 0 Å². The van der Waals surface area contributed by atoms with Crippen molar-refractivity contribution in [3.63, 3.8) is 0 Å². The van der Waals surface area contributed by atoms with Gasteiger partial charge in [0.05, 0.1) is 34.5 Å². The molecule has 0 radical (unpaired) electrons. The van der Waals surface area contributed by atoms with Gasteiger partial charge in [0.1, 0.15) is 5.54 Å². The zero-order chi connectivity index (χ0) is 13.2. The normalized spacial score (nSPS) is 16.9. The predicted octanol–water partition coefficient (Wildman–Crippen LogP) is 0.401. The van der Waals surface area contributed by atoms with E-state index in [4.69, 9.17) is 24.8 Å². The number of rotatable bonds is 5. The molecule has 0 aliphatic carbocycles. The topological polar surface area (TPSA) is 75.0 Å². The van der Waals surface area contributed by atoms with Crippen molar-refractivity contribution < 1.29 is 18.9 Å². The molecule has 0 amide bonds. The zero-order valence-electron chi connectivity index (χ0n) is 10.8. The van der Waals surface area contributed by atoms with Gasteiger partial charge in [-0.05, 0) is 17.7 Å². The Morgan fingerprint density at radius 1 is 1.11 bits per heavy atom. The van der Waals surface area contributed by atoms with Crippen LogP contribution in [0, 0.1) is 0 Å². The second-order valence-electron chi connectivity index (χ2n) is 4.13. The first kappa shape index (κ1) is 12.9. The summed E-state index contributed by atoms with van der Waals surface area (Å²) in [5, 5.41) is 0. The molecular formula is C12H18N2O4. The predicted molar refractivity (Wildman–Crippen MR) is 65.9 cm³/mol. The molecule has 1 aromatic rings. The molecule has 1 fully saturated rings. The van der Waals surface area contributed by atoms with E-state index in [0.717, 1.165) is 5.56 Å². The summed E-state index contributed by atoms with van der Waals surface area (Å²) in [6, 6.07) is 3.76. The summed E-state index contributed by atoms with van der Waals surface area (Å²) in [6.07, 6.45) is 0. The molecular weight excluding hydrogens is 236 g/mol. The molecule has 18 heavy (non-hydrogen) atoms. The molecule has 1 heterocycles. The fourth-order valence-corrected chi connectivity index (χ4v) is 2.00. The van der Waals surface area contributed by atoms with Crippen molar-refractivity contribution >= 4 is 0 Å². The lowest BCUT2D eigenvalue weighted by Gasteiger charge is -2.41. The Morgan fingerprint density at radius 2 is 1.67 bits per heavy atom. The van der Waals surface area contributed by atoms with Gasteiger partial charge in [-0.2, -0.15) is 0 Å². The SMILES string of the molecule is COc1cc(C2(NN)COC2)cc(OC)c1OC. The van der Waals surface area contributed by atoms with E-state index in [-0.39, 0.29) is 5.54 Å². The Balaban J connectivity index is 2.49. The first-order chi connectivity index (χ1) is 8.70. The van der Waals surface area contributed by atoms with Gasteiger partial charge in [-0.3, -0.25) is 5.84 Å². The monoisotopic (exact) mass is 254 g/mol. The van der Waals surface area contributed by atoms with Crippen LogP contribution in [0.1, 0.15) is 5.56 Å². The molecule has 6 heteroatoms. The Morgan fingerprint density at radius 3 is 1.94 bits per heavy atom. The lowest BCUT2D eigenvalue weighted by atomic mass is 9.88. The van der Waals surface area contributed by atoms with Gasteiger partial charge in [-0.15, -0.1) is 0 Å². The number of hydrogen-bond donors (Lipinski definition) is 2. The fraction of sp³-hybridized carbons (Fsp3) is 0.500. The number of nitrogens with two attached hydrogens (primary N) is 1. The molecule has 0 bridgehead atoms. The van der Waals surface area contributed by atoms with Crippen LogP contribution in [0.4, 0.5) is 0 Å². The maximum absolute atomic E-state index is 5.61. The van der Waals surface area contributed by atoms with Crippen LogP contribution in [0.5, 0.6) is 17.2 Å². The summed E-state index contributed by atoms with van der Waals surface area (Å²) in [4.78, 5) is 0. The largest absolute Gasteiger partial charge is 0.493 e. The van der Waals surface area contributed by atoms with Crippen molar-refractivity contribution in [1.29, 1.82) is 0 Å². The van der Waals surface area contributed by atoms with Gasteiger partial charge >= 0.3 is 0 Å². The third-order valence-electron chi connectivity index (χ3n) is 3.19. The highest BCUT2D eigenvalue weighted by atomic mass is 16.5. The van der Waals surface area contributed by atoms with Crippen molar-refractivity contribution in [2.75, 3.05) is 34.5 Å². The molecule has 3 N–H and O–H groups in total. The van der Waals surface area contributed by atoms with Crippen molar-refractivity contribution in [3.8, 4) is 17.2 Å². The maximum Gasteiger partial charge on any atom is 0.203 e. The van der Waals surface area contributed by atoms with Crippen LogP contribution < -0.4 is 25.5 Å². The van der Waals surface area contributed by atoms with Gasteiger partial charge in [-0.25, -0.2) is 5.43 Å². The smallest absolute Gasteiger partial charge is 0.203 e. The molecule has 0 atom stereocenters. The van der Waals surface area contributed by atoms with Crippen LogP contribution in [0.25, 0.3) is 0 Å². The number of benzene rings is 1. The van der Waals surface area contributed by atoms with Crippen molar-refractivity contribution in [2.45, 2.75) is 5.54 Å². The van der Waals surface area contributed by atoms with E-state index in [9.17, 15) is 0 Å². The van der Waals surface area contributed by atoms with Gasteiger partial charge in [0.2, 0.25) is 5.75 Å². The lowest BCUT2D eigenvalue weighted by Crippen LogP contribution is -2.60. The molecule has 100 valence electrons. The third-order valence-corrected chi connectivity index (χ3v) is 3.19. The quantitative estimate of drug-likeness (QED) is 0.585. The molecule has 0 unspecified atom stereocenters. The van der Waals surface area contributed by atoms with Gasteiger partial charge in [0.25, 0.3) is 0 Å². The second kappa shape index (κ2) is 5.01. The van der Waals surface area contributed by atoms with Crippen LogP contribution in [0.2, 0.25) is 0 Å². The standard InChI is InChI=1S/C12H18N2O4/c1-15-9-4-8(12(14-13)6-18-7-12)5-10(16-2)11(9)17-3/h4-5,14H,6-7,13H2,1-3H3. The first-order valence-corrected chi connectivity index (χ1v) is 5.56. The fourth-order valence-electron chi connectivity index (χ4n) is 2.00. The summed E-state index contributed by atoms with van der Waals surface area (Å²) in [7, 11) is 4.74. The Bertz CT molecular complexity index is 402. The average Bonchev–Trinajstić information content (AvgIpc) is 2.36. The molecule has 1 aliphatic heterocycles. The number of hydrazine groups is 1. The number of nitrogens with one attached hydrogen (secondary N) is 1. The Labute approximate surface area is 106 Å². The number of methoxy groups -OCH3 is 3. The van der Waals surface area contributed by atoms with Crippen LogP contribution in [0.15, 0.2) is 12.1 Å². The molecule has 2 rings (SSSR count). The Kier molecular flexibility index (Phi) is 3.60. The first-order valence-electron chi connectivity index (χ1n) is 5.56. The maximum atomic E-state index is 5.61. The molecule has 0 aromatic heterocycles. The summed E-state index contributed by atoms with van der Waals surface area (Å²) >= 11 is 0. The minimum atomic E-state index is -0.382. The van der Waals surface area contributed by atoms with E-state index >= 15 is 0 Å². The lowest BCUT2D eigenvalue weighted by molar-refractivity contribution is -0.0788. The van der Waals surface area contributed by atoms with Gasteiger partial charge in [0, 0.05) is 0 Å². The van der Waals surface area contributed by atoms with Crippen LogP contribution in [-0.2, 0) is 10.3 Å². The average molecular weight is 254 g/mol.